The Morgan fingerprint density at radius 1 is 0.328 bits per heavy atom. The highest BCUT2D eigenvalue weighted by Crippen LogP contribution is 2.42. The predicted octanol–water partition coefficient (Wildman–Crippen LogP) is 16.3. The highest BCUT2D eigenvalue weighted by molar-refractivity contribution is 6.11. The number of aromatic nitrogens is 2. The molecule has 0 unspecified atom stereocenters. The average Bonchev–Trinajstić information content (AvgIpc) is 3.88. The van der Waals surface area contributed by atoms with Crippen LogP contribution >= 0.6 is 0 Å². The van der Waals surface area contributed by atoms with Crippen LogP contribution in [-0.2, 0) is 0 Å². The summed E-state index contributed by atoms with van der Waals surface area (Å²) in [5.41, 5.74) is 16.8. The Balaban J connectivity index is 0.896. The maximum atomic E-state index is 2.45. The minimum atomic E-state index is 0.980. The molecule has 0 amide bonds. The van der Waals surface area contributed by atoms with Crippen molar-refractivity contribution >= 4 is 66.4 Å². The van der Waals surface area contributed by atoms with E-state index >= 15 is 0 Å². The van der Waals surface area contributed by atoms with Gasteiger partial charge in [-0.25, -0.2) is 0 Å². The number of fused-ring (bicyclic) bond motifs is 6. The van der Waals surface area contributed by atoms with E-state index in [1.807, 2.05) is 0 Å². The standard InChI is InChI=1S/C60H46N4/c1-5-17-45(18-6-1)61(51-37-39-59-55(41-51)53-25-13-15-27-57(53)63(59)47-21-9-3-10-22-47)49-33-29-43(30-34-49)44-31-35-50(36-32-44)62(46-19-7-2-8-20-46)52-38-40-60-56(42-52)54-26-14-16-28-58(54)64(60)48-23-11-4-12-24-48/h1-5,7,9-17,19,21-42H,6,8,18,20H2. The number of hydrogen-bond donors (Lipinski definition) is 0. The van der Waals surface area contributed by atoms with Gasteiger partial charge in [0.15, 0.2) is 0 Å². The van der Waals surface area contributed by atoms with Crippen molar-refractivity contribution in [3.05, 3.63) is 242 Å². The van der Waals surface area contributed by atoms with Gasteiger partial charge in [0.05, 0.1) is 22.1 Å². The summed E-state index contributed by atoms with van der Waals surface area (Å²) < 4.78 is 4.77. The van der Waals surface area contributed by atoms with Gasteiger partial charge in [-0.3, -0.25) is 0 Å². The van der Waals surface area contributed by atoms with Crippen molar-refractivity contribution in [2.24, 2.45) is 0 Å². The number of allylic oxidation sites excluding steroid dienone is 8. The highest BCUT2D eigenvalue weighted by atomic mass is 15.2. The first kappa shape index (κ1) is 37.7. The van der Waals surface area contributed by atoms with Crippen LogP contribution in [0.25, 0.3) is 66.1 Å². The Morgan fingerprint density at radius 3 is 1.11 bits per heavy atom. The van der Waals surface area contributed by atoms with Crippen molar-refractivity contribution in [3.8, 4) is 22.5 Å². The highest BCUT2D eigenvalue weighted by Gasteiger charge is 2.21. The Kier molecular flexibility index (Phi) is 9.41. The molecule has 4 heteroatoms. The summed E-state index contributed by atoms with van der Waals surface area (Å²) in [5, 5.41) is 5.01. The van der Waals surface area contributed by atoms with E-state index in [9.17, 15) is 0 Å². The van der Waals surface area contributed by atoms with E-state index in [-0.39, 0.29) is 0 Å². The molecule has 2 aliphatic carbocycles. The van der Waals surface area contributed by atoms with Gasteiger partial charge in [0.25, 0.3) is 0 Å². The van der Waals surface area contributed by atoms with E-state index in [2.05, 4.69) is 250 Å². The van der Waals surface area contributed by atoms with Crippen molar-refractivity contribution in [2.45, 2.75) is 25.7 Å². The van der Waals surface area contributed by atoms with E-state index < -0.39 is 0 Å². The minimum Gasteiger partial charge on any atom is -0.314 e. The SMILES string of the molecule is C1=CCCC(N(c2ccc(-c3ccc(N(C4=CC=CCC4)c4ccc5c(c4)c4ccccc4n5-c4ccccc4)cc3)cc2)c2ccc3c(c2)c2ccccc2n3-c2ccccc2)=C1. The lowest BCUT2D eigenvalue weighted by molar-refractivity contribution is 0.918. The molecular weight excluding hydrogens is 777 g/mol. The lowest BCUT2D eigenvalue weighted by Gasteiger charge is -2.29. The Hall–Kier alpha value is -8.08. The fourth-order valence-electron chi connectivity index (χ4n) is 10.0. The quantitative estimate of drug-likeness (QED) is 0.144. The topological polar surface area (TPSA) is 16.3 Å². The van der Waals surface area contributed by atoms with Crippen LogP contribution in [0.3, 0.4) is 0 Å². The van der Waals surface area contributed by atoms with Crippen molar-refractivity contribution in [1.29, 1.82) is 0 Å². The van der Waals surface area contributed by atoms with Gasteiger partial charge in [0.2, 0.25) is 0 Å². The summed E-state index contributed by atoms with van der Waals surface area (Å²) in [5.74, 6) is 0. The Labute approximate surface area is 373 Å². The van der Waals surface area contributed by atoms with Crippen LogP contribution in [0.2, 0.25) is 0 Å². The van der Waals surface area contributed by atoms with Gasteiger partial charge < -0.3 is 18.9 Å². The first-order valence-corrected chi connectivity index (χ1v) is 22.5. The molecule has 0 radical (unpaired) electrons. The molecule has 0 spiro atoms. The molecule has 0 saturated heterocycles. The zero-order valence-corrected chi connectivity index (χ0v) is 35.6. The summed E-state index contributed by atoms with van der Waals surface area (Å²) in [4.78, 5) is 4.89. The number of benzene rings is 8. The normalized spacial score (nSPS) is 13.8. The molecule has 10 aromatic rings. The second-order valence-corrected chi connectivity index (χ2v) is 16.8. The summed E-state index contributed by atoms with van der Waals surface area (Å²) in [6.45, 7) is 0. The van der Waals surface area contributed by atoms with Crippen molar-refractivity contribution in [3.63, 3.8) is 0 Å². The fraction of sp³-hybridized carbons (Fsp3) is 0.0667. The van der Waals surface area contributed by atoms with Crippen LogP contribution in [0.15, 0.2) is 242 Å². The zero-order chi connectivity index (χ0) is 42.4. The van der Waals surface area contributed by atoms with Gasteiger partial charge in [-0.05, 0) is 146 Å². The number of hydrogen-bond acceptors (Lipinski definition) is 2. The Bertz CT molecular complexity index is 3240. The molecule has 8 aromatic carbocycles. The van der Waals surface area contributed by atoms with E-state index in [0.717, 1.165) is 48.4 Å². The number of para-hydroxylation sites is 4. The molecule has 0 aliphatic heterocycles. The molecule has 0 bridgehead atoms. The van der Waals surface area contributed by atoms with E-state index in [0.29, 0.717) is 0 Å². The van der Waals surface area contributed by atoms with Crippen LogP contribution in [0.4, 0.5) is 22.7 Å². The first-order valence-electron chi connectivity index (χ1n) is 22.5. The molecule has 0 atom stereocenters. The van der Waals surface area contributed by atoms with Crippen LogP contribution < -0.4 is 9.80 Å². The smallest absolute Gasteiger partial charge is 0.0542 e. The monoisotopic (exact) mass is 822 g/mol. The molecule has 0 saturated carbocycles. The molecule has 12 rings (SSSR count). The van der Waals surface area contributed by atoms with E-state index in [1.165, 1.54) is 77.5 Å². The van der Waals surface area contributed by atoms with Gasteiger partial charge in [0.1, 0.15) is 0 Å². The molecule has 0 fully saturated rings. The van der Waals surface area contributed by atoms with Gasteiger partial charge in [-0.1, -0.05) is 121 Å². The lowest BCUT2D eigenvalue weighted by Crippen LogP contribution is -2.17. The summed E-state index contributed by atoms with van der Waals surface area (Å²) in [6.07, 6.45) is 17.5. The van der Waals surface area contributed by atoms with Crippen LogP contribution in [0, 0.1) is 0 Å². The third kappa shape index (κ3) is 6.54. The molecule has 64 heavy (non-hydrogen) atoms. The summed E-state index contributed by atoms with van der Waals surface area (Å²) in [6, 6.07) is 71.1. The molecule has 0 N–H and O–H groups in total. The summed E-state index contributed by atoms with van der Waals surface area (Å²) in [7, 11) is 0. The average molecular weight is 823 g/mol. The van der Waals surface area contributed by atoms with Crippen molar-refractivity contribution in [2.75, 3.05) is 9.80 Å². The molecule has 2 heterocycles. The summed E-state index contributed by atoms with van der Waals surface area (Å²) >= 11 is 0. The third-order valence-corrected chi connectivity index (χ3v) is 13.0. The first-order chi connectivity index (χ1) is 31.8. The number of anilines is 4. The second-order valence-electron chi connectivity index (χ2n) is 16.8. The maximum absolute atomic E-state index is 2.45. The van der Waals surface area contributed by atoms with E-state index in [1.54, 1.807) is 0 Å². The number of nitrogens with zero attached hydrogens (tertiary/aromatic N) is 4. The van der Waals surface area contributed by atoms with Gasteiger partial charge in [0, 0.05) is 67.1 Å². The van der Waals surface area contributed by atoms with Gasteiger partial charge in [-0.15, -0.1) is 0 Å². The fourth-order valence-corrected chi connectivity index (χ4v) is 10.0. The van der Waals surface area contributed by atoms with Gasteiger partial charge >= 0.3 is 0 Å². The van der Waals surface area contributed by atoms with Crippen molar-refractivity contribution in [1.82, 2.24) is 9.13 Å². The van der Waals surface area contributed by atoms with E-state index in [4.69, 9.17) is 0 Å². The maximum Gasteiger partial charge on any atom is 0.0542 e. The van der Waals surface area contributed by atoms with Gasteiger partial charge in [-0.2, -0.15) is 0 Å². The second kappa shape index (κ2) is 16.0. The molecule has 2 aliphatic rings. The molecule has 4 nitrogen and oxygen atoms in total. The largest absolute Gasteiger partial charge is 0.314 e. The van der Waals surface area contributed by atoms with Crippen LogP contribution in [0.5, 0.6) is 0 Å². The zero-order valence-electron chi connectivity index (χ0n) is 35.6. The Morgan fingerprint density at radius 2 is 0.703 bits per heavy atom. The minimum absolute atomic E-state index is 0.980. The van der Waals surface area contributed by atoms with Crippen molar-refractivity contribution < 1.29 is 0 Å². The van der Waals surface area contributed by atoms with Crippen LogP contribution in [-0.4, -0.2) is 9.13 Å². The number of rotatable bonds is 9. The third-order valence-electron chi connectivity index (χ3n) is 13.0. The lowest BCUT2D eigenvalue weighted by atomic mass is 10.0. The van der Waals surface area contributed by atoms with Crippen LogP contribution in [0.1, 0.15) is 25.7 Å². The molecule has 2 aromatic heterocycles. The predicted molar refractivity (Wildman–Crippen MR) is 271 cm³/mol. The molecular formula is C60H46N4. The molecule has 306 valence electrons.